The number of carbonyl (C=O) groups excluding carboxylic acids is 1. The van der Waals surface area contributed by atoms with Gasteiger partial charge in [-0.25, -0.2) is 9.48 Å². The Balaban J connectivity index is 2.35. The average Bonchev–Trinajstić information content (AvgIpc) is 2.93. The smallest absolute Gasteiger partial charge is 0.361 e. The maximum Gasteiger partial charge on any atom is 0.361 e. The van der Waals surface area contributed by atoms with Gasteiger partial charge in [-0.05, 0) is 13.8 Å². The molecule has 21 heavy (non-hydrogen) atoms. The molecule has 0 fully saturated rings. The quantitative estimate of drug-likeness (QED) is 0.577. The predicted octanol–water partition coefficient (Wildman–Crippen LogP) is 2.16. The Hall–Kier alpha value is -2.21. The number of aromatic nitrogens is 3. The standard InChI is InChI=1S/C15H19N3O3/c1-3-20-11-10-18-14(12-8-6-5-7-9-12)13(16-17-18)15(19)21-4-2/h5-9H,3-4,10-11H2,1-2H3. The highest BCUT2D eigenvalue weighted by atomic mass is 16.5. The first kappa shape index (κ1) is 15.2. The first-order chi connectivity index (χ1) is 10.3. The highest BCUT2D eigenvalue weighted by Gasteiger charge is 2.21. The minimum Gasteiger partial charge on any atom is -0.461 e. The summed E-state index contributed by atoms with van der Waals surface area (Å²) in [6.07, 6.45) is 0. The highest BCUT2D eigenvalue weighted by molar-refractivity contribution is 5.94. The summed E-state index contributed by atoms with van der Waals surface area (Å²) in [5, 5.41) is 8.03. The minimum atomic E-state index is -0.459. The molecule has 0 bridgehead atoms. The summed E-state index contributed by atoms with van der Waals surface area (Å²) in [7, 11) is 0. The van der Waals surface area contributed by atoms with Crippen LogP contribution in [-0.4, -0.2) is 40.8 Å². The second-order valence-electron chi connectivity index (χ2n) is 4.29. The molecule has 112 valence electrons. The molecule has 0 amide bonds. The second kappa shape index (κ2) is 7.54. The fraction of sp³-hybridized carbons (Fsp3) is 0.400. The SMILES string of the molecule is CCOCCn1nnc(C(=O)OCC)c1-c1ccccc1. The molecule has 0 aliphatic carbocycles. The van der Waals surface area contributed by atoms with Crippen molar-refractivity contribution < 1.29 is 14.3 Å². The molecule has 0 aliphatic rings. The van der Waals surface area contributed by atoms with Gasteiger partial charge in [0.15, 0.2) is 5.69 Å². The van der Waals surface area contributed by atoms with Crippen molar-refractivity contribution in [3.8, 4) is 11.3 Å². The predicted molar refractivity (Wildman–Crippen MR) is 77.9 cm³/mol. The fourth-order valence-corrected chi connectivity index (χ4v) is 1.98. The van der Waals surface area contributed by atoms with E-state index in [0.29, 0.717) is 32.1 Å². The Bertz CT molecular complexity index is 581. The van der Waals surface area contributed by atoms with Crippen LogP contribution in [0.25, 0.3) is 11.3 Å². The van der Waals surface area contributed by atoms with Crippen molar-refractivity contribution in [2.24, 2.45) is 0 Å². The second-order valence-corrected chi connectivity index (χ2v) is 4.29. The Morgan fingerprint density at radius 3 is 2.62 bits per heavy atom. The van der Waals surface area contributed by atoms with Crippen LogP contribution in [0.2, 0.25) is 0 Å². The molecule has 6 nitrogen and oxygen atoms in total. The van der Waals surface area contributed by atoms with Crippen molar-refractivity contribution in [2.75, 3.05) is 19.8 Å². The number of hydrogen-bond donors (Lipinski definition) is 0. The van der Waals surface area contributed by atoms with E-state index in [1.807, 2.05) is 37.3 Å². The first-order valence-corrected chi connectivity index (χ1v) is 7.01. The van der Waals surface area contributed by atoms with Crippen molar-refractivity contribution in [2.45, 2.75) is 20.4 Å². The summed E-state index contributed by atoms with van der Waals surface area (Å²) < 4.78 is 12.1. The zero-order valence-corrected chi connectivity index (χ0v) is 12.3. The van der Waals surface area contributed by atoms with E-state index in [4.69, 9.17) is 9.47 Å². The number of rotatable bonds is 7. The summed E-state index contributed by atoms with van der Waals surface area (Å²) in [5.74, 6) is -0.459. The molecule has 2 aromatic rings. The van der Waals surface area contributed by atoms with Crippen LogP contribution in [0.1, 0.15) is 24.3 Å². The lowest BCUT2D eigenvalue weighted by Gasteiger charge is -2.08. The lowest BCUT2D eigenvalue weighted by molar-refractivity contribution is 0.0520. The zero-order chi connectivity index (χ0) is 15.1. The van der Waals surface area contributed by atoms with Gasteiger partial charge in [-0.2, -0.15) is 0 Å². The molecule has 0 radical (unpaired) electrons. The maximum atomic E-state index is 12.0. The Morgan fingerprint density at radius 2 is 1.95 bits per heavy atom. The van der Waals surface area contributed by atoms with E-state index in [9.17, 15) is 4.79 Å². The van der Waals surface area contributed by atoms with Crippen LogP contribution < -0.4 is 0 Å². The van der Waals surface area contributed by atoms with E-state index in [1.54, 1.807) is 11.6 Å². The number of ether oxygens (including phenoxy) is 2. The Labute approximate surface area is 123 Å². The molecule has 0 N–H and O–H groups in total. The van der Waals surface area contributed by atoms with E-state index in [2.05, 4.69) is 10.3 Å². The third kappa shape index (κ3) is 3.66. The molecule has 1 heterocycles. The number of hydrogen-bond acceptors (Lipinski definition) is 5. The van der Waals surface area contributed by atoms with E-state index in [0.717, 1.165) is 5.56 Å². The Morgan fingerprint density at radius 1 is 1.19 bits per heavy atom. The van der Waals surface area contributed by atoms with Crippen LogP contribution in [0.3, 0.4) is 0 Å². The summed E-state index contributed by atoms with van der Waals surface area (Å²) in [5.41, 5.74) is 1.77. The number of benzene rings is 1. The van der Waals surface area contributed by atoms with Gasteiger partial charge in [-0.15, -0.1) is 5.10 Å². The molecule has 6 heteroatoms. The van der Waals surface area contributed by atoms with Crippen LogP contribution in [0, 0.1) is 0 Å². The first-order valence-electron chi connectivity index (χ1n) is 7.01. The number of carbonyl (C=O) groups is 1. The molecule has 0 saturated heterocycles. The number of esters is 1. The van der Waals surface area contributed by atoms with Crippen molar-refractivity contribution in [1.29, 1.82) is 0 Å². The summed E-state index contributed by atoms with van der Waals surface area (Å²) in [6, 6.07) is 9.56. The van der Waals surface area contributed by atoms with Crippen molar-refractivity contribution in [1.82, 2.24) is 15.0 Å². The van der Waals surface area contributed by atoms with Gasteiger partial charge in [0.2, 0.25) is 0 Å². The van der Waals surface area contributed by atoms with Crippen LogP contribution in [0.15, 0.2) is 30.3 Å². The van der Waals surface area contributed by atoms with Gasteiger partial charge in [0.1, 0.15) is 5.69 Å². The van der Waals surface area contributed by atoms with E-state index in [1.165, 1.54) is 0 Å². The molecule has 1 aromatic carbocycles. The molecular formula is C15H19N3O3. The highest BCUT2D eigenvalue weighted by Crippen LogP contribution is 2.22. The van der Waals surface area contributed by atoms with E-state index >= 15 is 0 Å². The molecule has 0 saturated carbocycles. The molecule has 0 aliphatic heterocycles. The van der Waals surface area contributed by atoms with E-state index in [-0.39, 0.29) is 5.69 Å². The van der Waals surface area contributed by atoms with Gasteiger partial charge in [-0.3, -0.25) is 0 Å². The van der Waals surface area contributed by atoms with Gasteiger partial charge < -0.3 is 9.47 Å². The topological polar surface area (TPSA) is 66.2 Å². The van der Waals surface area contributed by atoms with Crippen LogP contribution in [-0.2, 0) is 16.0 Å². The molecule has 2 rings (SSSR count). The molecule has 0 spiro atoms. The van der Waals surface area contributed by atoms with Crippen LogP contribution in [0.4, 0.5) is 0 Å². The number of nitrogens with zero attached hydrogens (tertiary/aromatic N) is 3. The minimum absolute atomic E-state index is 0.236. The Kier molecular flexibility index (Phi) is 5.45. The van der Waals surface area contributed by atoms with Gasteiger partial charge >= 0.3 is 5.97 Å². The summed E-state index contributed by atoms with van der Waals surface area (Å²) >= 11 is 0. The third-order valence-corrected chi connectivity index (χ3v) is 2.90. The normalized spacial score (nSPS) is 10.6. The maximum absolute atomic E-state index is 12.0. The zero-order valence-electron chi connectivity index (χ0n) is 12.3. The van der Waals surface area contributed by atoms with Gasteiger partial charge in [0.25, 0.3) is 0 Å². The summed E-state index contributed by atoms with van der Waals surface area (Å²) in [6.45, 7) is 5.69. The lowest BCUT2D eigenvalue weighted by atomic mass is 10.1. The molecule has 0 unspecified atom stereocenters. The molecule has 0 atom stereocenters. The van der Waals surface area contributed by atoms with Crippen molar-refractivity contribution >= 4 is 5.97 Å². The van der Waals surface area contributed by atoms with Crippen LogP contribution >= 0.6 is 0 Å². The fourth-order valence-electron chi connectivity index (χ4n) is 1.98. The monoisotopic (exact) mass is 289 g/mol. The van der Waals surface area contributed by atoms with Crippen molar-refractivity contribution in [3.63, 3.8) is 0 Å². The van der Waals surface area contributed by atoms with Crippen molar-refractivity contribution in [3.05, 3.63) is 36.0 Å². The van der Waals surface area contributed by atoms with Gasteiger partial charge in [0.05, 0.1) is 19.8 Å². The molecular weight excluding hydrogens is 270 g/mol. The lowest BCUT2D eigenvalue weighted by Crippen LogP contribution is -2.11. The van der Waals surface area contributed by atoms with Gasteiger partial charge in [0, 0.05) is 12.2 Å². The average molecular weight is 289 g/mol. The largest absolute Gasteiger partial charge is 0.461 e. The van der Waals surface area contributed by atoms with E-state index < -0.39 is 5.97 Å². The van der Waals surface area contributed by atoms with Gasteiger partial charge in [-0.1, -0.05) is 35.5 Å². The summed E-state index contributed by atoms with van der Waals surface area (Å²) in [4.78, 5) is 12.0. The third-order valence-electron chi connectivity index (χ3n) is 2.90. The molecule has 1 aromatic heterocycles. The van der Waals surface area contributed by atoms with Crippen LogP contribution in [0.5, 0.6) is 0 Å².